The lowest BCUT2D eigenvalue weighted by Gasteiger charge is -2.29. The zero-order chi connectivity index (χ0) is 16.8. The van der Waals surface area contributed by atoms with Crippen molar-refractivity contribution in [1.82, 2.24) is 9.97 Å². The van der Waals surface area contributed by atoms with Gasteiger partial charge in [0, 0.05) is 25.9 Å². The molecule has 0 spiro atoms. The minimum absolute atomic E-state index is 0.386. The number of rotatable bonds is 6. The van der Waals surface area contributed by atoms with Gasteiger partial charge in [-0.2, -0.15) is 5.26 Å². The smallest absolute Gasteiger partial charge is 0.223 e. The van der Waals surface area contributed by atoms with E-state index in [9.17, 15) is 5.26 Å². The highest BCUT2D eigenvalue weighted by molar-refractivity contribution is 5.37. The zero-order valence-corrected chi connectivity index (χ0v) is 14.3. The Labute approximate surface area is 143 Å². The number of hydrogen-bond acceptors (Lipinski definition) is 6. The van der Waals surface area contributed by atoms with Crippen molar-refractivity contribution in [1.29, 1.82) is 5.26 Å². The molecule has 0 radical (unpaired) electrons. The van der Waals surface area contributed by atoms with Gasteiger partial charge in [0.05, 0.1) is 23.6 Å². The molecule has 130 valence electrons. The van der Waals surface area contributed by atoms with Crippen LogP contribution < -0.4 is 5.32 Å². The van der Waals surface area contributed by atoms with Gasteiger partial charge in [0.2, 0.25) is 5.95 Å². The summed E-state index contributed by atoms with van der Waals surface area (Å²) in [6, 6.07) is 2.60. The Morgan fingerprint density at radius 3 is 2.83 bits per heavy atom. The zero-order valence-electron chi connectivity index (χ0n) is 14.3. The SMILES string of the molecule is CCOC1CCC(Nc2ncc(C#N)c(C[C@@H]3CCOC3)n2)CC1. The summed E-state index contributed by atoms with van der Waals surface area (Å²) < 4.78 is 11.1. The van der Waals surface area contributed by atoms with Gasteiger partial charge in [0.25, 0.3) is 0 Å². The van der Waals surface area contributed by atoms with E-state index in [1.54, 1.807) is 6.20 Å². The number of ether oxygens (including phenoxy) is 2. The van der Waals surface area contributed by atoms with Crippen molar-refractivity contribution < 1.29 is 9.47 Å². The minimum atomic E-state index is 0.386. The van der Waals surface area contributed by atoms with Gasteiger partial charge in [0.15, 0.2) is 0 Å². The third-order valence-corrected chi connectivity index (χ3v) is 4.90. The van der Waals surface area contributed by atoms with Crippen molar-refractivity contribution in [3.05, 3.63) is 17.5 Å². The maximum atomic E-state index is 9.29. The van der Waals surface area contributed by atoms with Crippen LogP contribution in [0.1, 0.15) is 50.3 Å². The van der Waals surface area contributed by atoms with E-state index in [1.165, 1.54) is 0 Å². The molecular formula is C18H26N4O2. The molecule has 6 heteroatoms. The van der Waals surface area contributed by atoms with Crippen molar-refractivity contribution in [2.24, 2.45) is 5.92 Å². The second kappa shape index (κ2) is 8.41. The predicted octanol–water partition coefficient (Wildman–Crippen LogP) is 2.69. The summed E-state index contributed by atoms with van der Waals surface area (Å²) >= 11 is 0. The average Bonchev–Trinajstić information content (AvgIpc) is 3.10. The van der Waals surface area contributed by atoms with Gasteiger partial charge >= 0.3 is 0 Å². The number of nitrogens with zero attached hydrogens (tertiary/aromatic N) is 3. The summed E-state index contributed by atoms with van der Waals surface area (Å²) in [5, 5.41) is 12.7. The number of hydrogen-bond donors (Lipinski definition) is 1. The van der Waals surface area contributed by atoms with Crippen molar-refractivity contribution in [3.63, 3.8) is 0 Å². The van der Waals surface area contributed by atoms with Crippen LogP contribution in [-0.2, 0) is 15.9 Å². The first kappa shape index (κ1) is 17.1. The molecule has 2 fully saturated rings. The van der Waals surface area contributed by atoms with E-state index in [1.807, 2.05) is 6.92 Å². The number of nitrogens with one attached hydrogen (secondary N) is 1. The van der Waals surface area contributed by atoms with Crippen molar-refractivity contribution in [2.45, 2.75) is 57.6 Å². The normalized spacial score (nSPS) is 26.9. The molecule has 0 bridgehead atoms. The van der Waals surface area contributed by atoms with E-state index in [4.69, 9.17) is 9.47 Å². The minimum Gasteiger partial charge on any atom is -0.381 e. The Balaban J connectivity index is 1.60. The lowest BCUT2D eigenvalue weighted by molar-refractivity contribution is 0.0346. The largest absolute Gasteiger partial charge is 0.381 e. The fraction of sp³-hybridized carbons (Fsp3) is 0.722. The van der Waals surface area contributed by atoms with Crippen molar-refractivity contribution in [2.75, 3.05) is 25.1 Å². The maximum absolute atomic E-state index is 9.29. The lowest BCUT2D eigenvalue weighted by Crippen LogP contribution is -2.30. The second-order valence-corrected chi connectivity index (χ2v) is 6.67. The van der Waals surface area contributed by atoms with Gasteiger partial charge in [-0.1, -0.05) is 0 Å². The molecule has 1 atom stereocenters. The van der Waals surface area contributed by atoms with E-state index < -0.39 is 0 Å². The highest BCUT2D eigenvalue weighted by Crippen LogP contribution is 2.24. The van der Waals surface area contributed by atoms with Crippen molar-refractivity contribution in [3.8, 4) is 6.07 Å². The van der Waals surface area contributed by atoms with Crippen LogP contribution in [0, 0.1) is 17.2 Å². The van der Waals surface area contributed by atoms with Crippen LogP contribution in [0.25, 0.3) is 0 Å². The van der Waals surface area contributed by atoms with Gasteiger partial charge in [-0.3, -0.25) is 0 Å². The predicted molar refractivity (Wildman–Crippen MR) is 90.7 cm³/mol. The van der Waals surface area contributed by atoms with E-state index in [-0.39, 0.29) is 0 Å². The molecule has 0 unspecified atom stereocenters. The number of aromatic nitrogens is 2. The Morgan fingerprint density at radius 2 is 2.17 bits per heavy atom. The summed E-state index contributed by atoms with van der Waals surface area (Å²) in [5.74, 6) is 1.10. The van der Waals surface area contributed by atoms with E-state index in [0.29, 0.717) is 29.6 Å². The summed E-state index contributed by atoms with van der Waals surface area (Å²) in [7, 11) is 0. The Hall–Kier alpha value is -1.71. The standard InChI is InChI=1S/C18H26N4O2/c1-2-24-16-5-3-15(4-6-16)21-18-20-11-14(10-19)17(22-18)9-13-7-8-23-12-13/h11,13,15-16H,2-9,12H2,1H3,(H,20,21,22)/t13-,15?,16?/m0/s1. The molecule has 1 aliphatic carbocycles. The van der Waals surface area contributed by atoms with E-state index in [2.05, 4.69) is 21.4 Å². The van der Waals surface area contributed by atoms with Crippen LogP contribution in [0.2, 0.25) is 0 Å². The molecule has 3 rings (SSSR count). The number of nitriles is 1. The van der Waals surface area contributed by atoms with Crippen LogP contribution in [0.4, 0.5) is 5.95 Å². The quantitative estimate of drug-likeness (QED) is 0.864. The van der Waals surface area contributed by atoms with Crippen LogP contribution in [0.5, 0.6) is 0 Å². The number of anilines is 1. The van der Waals surface area contributed by atoms with Gasteiger partial charge in [0.1, 0.15) is 6.07 Å². The summed E-state index contributed by atoms with van der Waals surface area (Å²) in [5.41, 5.74) is 1.42. The fourth-order valence-corrected chi connectivity index (χ4v) is 3.55. The van der Waals surface area contributed by atoms with Gasteiger partial charge in [-0.05, 0) is 51.4 Å². The molecular weight excluding hydrogens is 304 g/mol. The first-order valence-electron chi connectivity index (χ1n) is 9.00. The summed E-state index contributed by atoms with van der Waals surface area (Å²) in [4.78, 5) is 8.95. The average molecular weight is 330 g/mol. The monoisotopic (exact) mass is 330 g/mol. The first-order valence-corrected chi connectivity index (χ1v) is 9.00. The molecule has 0 aromatic carbocycles. The molecule has 2 heterocycles. The third kappa shape index (κ3) is 4.43. The van der Waals surface area contributed by atoms with Crippen LogP contribution >= 0.6 is 0 Å². The first-order chi connectivity index (χ1) is 11.8. The highest BCUT2D eigenvalue weighted by Gasteiger charge is 2.23. The molecule has 1 N–H and O–H groups in total. The highest BCUT2D eigenvalue weighted by atomic mass is 16.5. The molecule has 0 amide bonds. The third-order valence-electron chi connectivity index (χ3n) is 4.90. The van der Waals surface area contributed by atoms with Crippen LogP contribution in [0.3, 0.4) is 0 Å². The second-order valence-electron chi connectivity index (χ2n) is 6.67. The molecule has 24 heavy (non-hydrogen) atoms. The molecule has 1 aromatic heterocycles. The van der Waals surface area contributed by atoms with E-state index >= 15 is 0 Å². The molecule has 1 saturated carbocycles. The Morgan fingerprint density at radius 1 is 1.33 bits per heavy atom. The van der Waals surface area contributed by atoms with Gasteiger partial charge < -0.3 is 14.8 Å². The van der Waals surface area contributed by atoms with Crippen molar-refractivity contribution >= 4 is 5.95 Å². The molecule has 1 saturated heterocycles. The lowest BCUT2D eigenvalue weighted by atomic mass is 9.93. The summed E-state index contributed by atoms with van der Waals surface area (Å²) in [6.45, 7) is 4.41. The van der Waals surface area contributed by atoms with Crippen LogP contribution in [-0.4, -0.2) is 41.9 Å². The Bertz CT molecular complexity index is 573. The van der Waals surface area contributed by atoms with Gasteiger partial charge in [-0.15, -0.1) is 0 Å². The Kier molecular flexibility index (Phi) is 6.00. The topological polar surface area (TPSA) is 80.1 Å². The molecule has 6 nitrogen and oxygen atoms in total. The molecule has 2 aliphatic rings. The molecule has 1 aliphatic heterocycles. The van der Waals surface area contributed by atoms with E-state index in [0.717, 1.165) is 64.0 Å². The van der Waals surface area contributed by atoms with Crippen LogP contribution in [0.15, 0.2) is 6.20 Å². The fourth-order valence-electron chi connectivity index (χ4n) is 3.55. The van der Waals surface area contributed by atoms with Gasteiger partial charge in [-0.25, -0.2) is 9.97 Å². The molecule has 1 aromatic rings. The summed E-state index contributed by atoms with van der Waals surface area (Å²) in [6.07, 6.45) is 8.16. The maximum Gasteiger partial charge on any atom is 0.223 e.